The first kappa shape index (κ1) is 16.7. The number of nitrogens with zero attached hydrogens (tertiary/aromatic N) is 3. The molecule has 1 aromatic heterocycles. The molecule has 122 valence electrons. The van der Waals surface area contributed by atoms with Gasteiger partial charge in [0.1, 0.15) is 11.5 Å². The molecule has 0 radical (unpaired) electrons. The molecule has 0 bridgehead atoms. The van der Waals surface area contributed by atoms with Crippen LogP contribution in [0.25, 0.3) is 0 Å². The number of rotatable bonds is 5. The van der Waals surface area contributed by atoms with Crippen molar-refractivity contribution < 1.29 is 18.0 Å². The summed E-state index contributed by atoms with van der Waals surface area (Å²) in [5, 5.41) is 0. The van der Waals surface area contributed by atoms with Gasteiger partial charge in [-0.05, 0) is 12.1 Å². The molecule has 4 nitrogen and oxygen atoms in total. The Balaban J connectivity index is 1.85. The van der Waals surface area contributed by atoms with Crippen LogP contribution in [-0.4, -0.2) is 48.4 Å². The van der Waals surface area contributed by atoms with Gasteiger partial charge >= 0.3 is 6.18 Å². The van der Waals surface area contributed by atoms with Crippen molar-refractivity contribution in [3.8, 4) is 0 Å². The van der Waals surface area contributed by atoms with Crippen LogP contribution in [0.5, 0.6) is 0 Å². The number of carbonyl (C=O) groups is 1. The van der Waals surface area contributed by atoms with Gasteiger partial charge in [-0.25, -0.2) is 4.98 Å². The molecule has 1 fully saturated rings. The van der Waals surface area contributed by atoms with E-state index in [0.717, 1.165) is 38.8 Å². The maximum absolute atomic E-state index is 12.5. The second kappa shape index (κ2) is 7.09. The minimum absolute atomic E-state index is 0.259. The average Bonchev–Trinajstić information content (AvgIpc) is 2.52. The Kier molecular flexibility index (Phi) is 5.39. The highest BCUT2D eigenvalue weighted by atomic mass is 19.4. The molecule has 7 heteroatoms. The Bertz CT molecular complexity index is 494. The van der Waals surface area contributed by atoms with Crippen molar-refractivity contribution in [2.24, 2.45) is 0 Å². The monoisotopic (exact) mass is 315 g/mol. The molecule has 0 unspecified atom stereocenters. The molecule has 0 amide bonds. The van der Waals surface area contributed by atoms with Crippen LogP contribution in [0, 0.1) is 0 Å². The molecular formula is C15H20F3N3O. The highest BCUT2D eigenvalue weighted by molar-refractivity contribution is 5.78. The van der Waals surface area contributed by atoms with E-state index in [4.69, 9.17) is 0 Å². The van der Waals surface area contributed by atoms with E-state index in [1.165, 1.54) is 12.3 Å². The zero-order chi connectivity index (χ0) is 16.2. The molecule has 1 aliphatic heterocycles. The Morgan fingerprint density at radius 1 is 1.23 bits per heavy atom. The van der Waals surface area contributed by atoms with Crippen LogP contribution in [0.3, 0.4) is 0 Å². The summed E-state index contributed by atoms with van der Waals surface area (Å²) in [7, 11) is 0. The lowest BCUT2D eigenvalue weighted by atomic mass is 10.2. The third-order valence-corrected chi connectivity index (χ3v) is 3.88. The standard InChI is InChI=1S/C15H20F3N3O/c1-2-13(22)5-6-20-7-9-21(10-8-20)12-3-4-14(19-11-12)15(16,17)18/h3-4,11H,2,5-10H2,1H3. The van der Waals surface area contributed by atoms with Crippen LogP contribution in [0.2, 0.25) is 0 Å². The maximum Gasteiger partial charge on any atom is 0.433 e. The third-order valence-electron chi connectivity index (χ3n) is 3.88. The Hall–Kier alpha value is -1.63. The van der Waals surface area contributed by atoms with E-state index in [0.29, 0.717) is 18.5 Å². The van der Waals surface area contributed by atoms with Crippen molar-refractivity contribution in [1.82, 2.24) is 9.88 Å². The smallest absolute Gasteiger partial charge is 0.368 e. The highest BCUT2D eigenvalue weighted by Crippen LogP contribution is 2.28. The fraction of sp³-hybridized carbons (Fsp3) is 0.600. The van der Waals surface area contributed by atoms with E-state index in [1.54, 1.807) is 0 Å². The number of halogens is 3. The highest BCUT2D eigenvalue weighted by Gasteiger charge is 2.32. The maximum atomic E-state index is 12.5. The van der Waals surface area contributed by atoms with E-state index in [9.17, 15) is 18.0 Å². The van der Waals surface area contributed by atoms with Gasteiger partial charge in [0.05, 0.1) is 11.9 Å². The van der Waals surface area contributed by atoms with Gasteiger partial charge in [0.2, 0.25) is 0 Å². The summed E-state index contributed by atoms with van der Waals surface area (Å²) in [4.78, 5) is 19.0. The topological polar surface area (TPSA) is 36.4 Å². The van der Waals surface area contributed by atoms with Crippen molar-refractivity contribution in [2.75, 3.05) is 37.6 Å². The lowest BCUT2D eigenvalue weighted by molar-refractivity contribution is -0.141. The van der Waals surface area contributed by atoms with Crippen LogP contribution < -0.4 is 4.90 Å². The van der Waals surface area contributed by atoms with E-state index >= 15 is 0 Å². The van der Waals surface area contributed by atoms with Gasteiger partial charge in [-0.15, -0.1) is 0 Å². The van der Waals surface area contributed by atoms with Crippen LogP contribution in [0.15, 0.2) is 18.3 Å². The van der Waals surface area contributed by atoms with Crippen molar-refractivity contribution in [2.45, 2.75) is 25.9 Å². The number of ketones is 1. The number of aromatic nitrogens is 1. The molecule has 0 saturated carbocycles. The quantitative estimate of drug-likeness (QED) is 0.837. The van der Waals surface area contributed by atoms with Gasteiger partial charge in [-0.1, -0.05) is 6.92 Å². The molecule has 1 saturated heterocycles. The second-order valence-electron chi connectivity index (χ2n) is 5.37. The zero-order valence-corrected chi connectivity index (χ0v) is 12.6. The van der Waals surface area contributed by atoms with E-state index in [1.807, 2.05) is 11.8 Å². The molecule has 0 aliphatic carbocycles. The first-order valence-electron chi connectivity index (χ1n) is 7.42. The first-order valence-corrected chi connectivity index (χ1v) is 7.42. The molecule has 0 aromatic carbocycles. The van der Waals surface area contributed by atoms with Gasteiger partial charge in [0.25, 0.3) is 0 Å². The van der Waals surface area contributed by atoms with Crippen LogP contribution >= 0.6 is 0 Å². The van der Waals surface area contributed by atoms with Crippen molar-refractivity contribution in [1.29, 1.82) is 0 Å². The Morgan fingerprint density at radius 3 is 2.41 bits per heavy atom. The normalized spacial score (nSPS) is 16.8. The van der Waals surface area contributed by atoms with Crippen LogP contribution in [-0.2, 0) is 11.0 Å². The molecule has 0 spiro atoms. The number of hydrogen-bond acceptors (Lipinski definition) is 4. The largest absolute Gasteiger partial charge is 0.433 e. The van der Waals surface area contributed by atoms with E-state index in [2.05, 4.69) is 9.88 Å². The summed E-state index contributed by atoms with van der Waals surface area (Å²) < 4.78 is 37.4. The van der Waals surface area contributed by atoms with Crippen molar-refractivity contribution in [3.63, 3.8) is 0 Å². The van der Waals surface area contributed by atoms with Crippen molar-refractivity contribution >= 4 is 11.5 Å². The van der Waals surface area contributed by atoms with Crippen LogP contribution in [0.1, 0.15) is 25.5 Å². The summed E-state index contributed by atoms with van der Waals surface area (Å²) in [5.74, 6) is 0.259. The number of pyridine rings is 1. The molecule has 1 aliphatic rings. The van der Waals surface area contributed by atoms with Crippen LogP contribution in [0.4, 0.5) is 18.9 Å². The number of piperazine rings is 1. The molecule has 1 aromatic rings. The fourth-order valence-corrected chi connectivity index (χ4v) is 2.43. The number of Topliss-reactive ketones (excluding diaryl/α,β-unsaturated/α-hetero) is 1. The SMILES string of the molecule is CCC(=O)CCN1CCN(c2ccc(C(F)(F)F)nc2)CC1. The minimum Gasteiger partial charge on any atom is -0.368 e. The molecular weight excluding hydrogens is 295 g/mol. The van der Waals surface area contributed by atoms with Gasteiger partial charge in [0, 0.05) is 45.6 Å². The third kappa shape index (κ3) is 4.43. The lowest BCUT2D eigenvalue weighted by Crippen LogP contribution is -2.47. The number of anilines is 1. The van der Waals surface area contributed by atoms with Gasteiger partial charge in [-0.3, -0.25) is 9.69 Å². The van der Waals surface area contributed by atoms with Gasteiger partial charge < -0.3 is 4.90 Å². The minimum atomic E-state index is -4.40. The zero-order valence-electron chi connectivity index (χ0n) is 12.6. The molecule has 0 atom stereocenters. The number of carbonyl (C=O) groups excluding carboxylic acids is 1. The molecule has 22 heavy (non-hydrogen) atoms. The molecule has 2 rings (SSSR count). The summed E-state index contributed by atoms with van der Waals surface area (Å²) in [6.45, 7) is 5.68. The molecule has 2 heterocycles. The summed E-state index contributed by atoms with van der Waals surface area (Å²) >= 11 is 0. The fourth-order valence-electron chi connectivity index (χ4n) is 2.43. The van der Waals surface area contributed by atoms with Gasteiger partial charge in [-0.2, -0.15) is 13.2 Å². The lowest BCUT2D eigenvalue weighted by Gasteiger charge is -2.35. The summed E-state index contributed by atoms with van der Waals surface area (Å²) in [6.07, 6.45) is -1.99. The molecule has 0 N–H and O–H groups in total. The average molecular weight is 315 g/mol. The predicted octanol–water partition coefficient (Wildman–Crippen LogP) is 2.59. The van der Waals surface area contributed by atoms with E-state index in [-0.39, 0.29) is 5.78 Å². The Labute approximate surface area is 127 Å². The number of alkyl halides is 3. The van der Waals surface area contributed by atoms with Gasteiger partial charge in [0.15, 0.2) is 0 Å². The number of hydrogen-bond donors (Lipinski definition) is 0. The first-order chi connectivity index (χ1) is 10.4. The van der Waals surface area contributed by atoms with Crippen molar-refractivity contribution in [3.05, 3.63) is 24.0 Å². The summed E-state index contributed by atoms with van der Waals surface area (Å²) in [6, 6.07) is 2.48. The Morgan fingerprint density at radius 2 is 1.91 bits per heavy atom. The van der Waals surface area contributed by atoms with E-state index < -0.39 is 11.9 Å². The summed E-state index contributed by atoms with van der Waals surface area (Å²) in [5.41, 5.74) is -0.162. The second-order valence-corrected chi connectivity index (χ2v) is 5.37. The predicted molar refractivity (Wildman–Crippen MR) is 77.8 cm³/mol.